The Kier molecular flexibility index (Phi) is 4.02. The van der Waals surface area contributed by atoms with Crippen LogP contribution in [0.15, 0.2) is 0 Å². The number of likely N-dealkylation sites (tertiary alicyclic amines) is 1. The Balaban J connectivity index is 1.72. The average molecular weight is 268 g/mol. The van der Waals surface area contributed by atoms with Gasteiger partial charge in [0.25, 0.3) is 0 Å². The fourth-order valence-electron chi connectivity index (χ4n) is 3.20. The number of carboxylic acids is 1. The molecule has 0 radical (unpaired) electrons. The smallest absolute Gasteiger partial charge is 0.317 e. The molecule has 1 saturated heterocycles. The summed E-state index contributed by atoms with van der Waals surface area (Å²) in [6.45, 7) is 5.65. The third-order valence-electron chi connectivity index (χ3n) is 4.24. The number of carbonyl (C=O) groups excluding carboxylic acids is 1. The van der Waals surface area contributed by atoms with Crippen LogP contribution in [-0.2, 0) is 4.79 Å². The standard InChI is InChI=1S/C14H24N2O3/c1-14(2)5-3-4-11(7-14)15-13(19)16-8-10(9-16)6-12(17)18/h10-11H,3-9H2,1-2H3,(H,15,19)(H,17,18). The summed E-state index contributed by atoms with van der Waals surface area (Å²) >= 11 is 0. The lowest BCUT2D eigenvalue weighted by Crippen LogP contribution is -2.56. The first-order chi connectivity index (χ1) is 8.85. The van der Waals surface area contributed by atoms with Crippen molar-refractivity contribution in [2.45, 2.75) is 52.0 Å². The van der Waals surface area contributed by atoms with Crippen LogP contribution in [0, 0.1) is 11.3 Å². The molecule has 1 unspecified atom stereocenters. The van der Waals surface area contributed by atoms with Crippen molar-refractivity contribution in [3.63, 3.8) is 0 Å². The Morgan fingerprint density at radius 1 is 1.37 bits per heavy atom. The Bertz CT molecular complexity index is 362. The molecule has 19 heavy (non-hydrogen) atoms. The normalized spacial score (nSPS) is 26.6. The molecule has 1 aliphatic carbocycles. The molecule has 0 aromatic heterocycles. The monoisotopic (exact) mass is 268 g/mol. The molecule has 1 aliphatic heterocycles. The van der Waals surface area contributed by atoms with Gasteiger partial charge >= 0.3 is 12.0 Å². The van der Waals surface area contributed by atoms with Crippen molar-refractivity contribution >= 4 is 12.0 Å². The van der Waals surface area contributed by atoms with Gasteiger partial charge in [0.2, 0.25) is 0 Å². The highest BCUT2D eigenvalue weighted by atomic mass is 16.4. The summed E-state index contributed by atoms with van der Waals surface area (Å²) < 4.78 is 0. The van der Waals surface area contributed by atoms with Crippen molar-refractivity contribution in [2.24, 2.45) is 11.3 Å². The van der Waals surface area contributed by atoms with Crippen LogP contribution in [0.1, 0.15) is 46.0 Å². The number of nitrogens with one attached hydrogen (secondary N) is 1. The third-order valence-corrected chi connectivity index (χ3v) is 4.24. The van der Waals surface area contributed by atoms with Gasteiger partial charge in [-0.05, 0) is 24.7 Å². The van der Waals surface area contributed by atoms with Crippen LogP contribution in [0.4, 0.5) is 4.79 Å². The molecule has 2 N–H and O–H groups in total. The van der Waals surface area contributed by atoms with Crippen molar-refractivity contribution in [3.8, 4) is 0 Å². The first-order valence-corrected chi connectivity index (χ1v) is 7.13. The molecule has 2 aliphatic rings. The van der Waals surface area contributed by atoms with E-state index in [-0.39, 0.29) is 24.4 Å². The van der Waals surface area contributed by atoms with E-state index in [4.69, 9.17) is 5.11 Å². The van der Waals surface area contributed by atoms with Gasteiger partial charge in [0.1, 0.15) is 0 Å². The van der Waals surface area contributed by atoms with E-state index >= 15 is 0 Å². The number of nitrogens with zero attached hydrogens (tertiary/aromatic N) is 1. The van der Waals surface area contributed by atoms with Crippen molar-refractivity contribution in [2.75, 3.05) is 13.1 Å². The molecule has 2 rings (SSSR count). The second kappa shape index (κ2) is 5.39. The summed E-state index contributed by atoms with van der Waals surface area (Å²) in [5.41, 5.74) is 0.316. The third kappa shape index (κ3) is 3.85. The van der Waals surface area contributed by atoms with E-state index < -0.39 is 5.97 Å². The van der Waals surface area contributed by atoms with E-state index in [1.807, 2.05) is 0 Å². The molecule has 0 aromatic carbocycles. The minimum atomic E-state index is -0.779. The number of rotatable bonds is 3. The molecule has 0 spiro atoms. The van der Waals surface area contributed by atoms with Gasteiger partial charge in [-0.1, -0.05) is 20.3 Å². The number of hydrogen-bond acceptors (Lipinski definition) is 2. The molecule has 5 heteroatoms. The van der Waals surface area contributed by atoms with E-state index in [0.29, 0.717) is 18.5 Å². The SMILES string of the molecule is CC1(C)CCCC(NC(=O)N2CC(CC(=O)O)C2)C1. The van der Waals surface area contributed by atoms with Crippen LogP contribution in [0.3, 0.4) is 0 Å². The van der Waals surface area contributed by atoms with E-state index in [9.17, 15) is 9.59 Å². The van der Waals surface area contributed by atoms with Crippen LogP contribution in [0.25, 0.3) is 0 Å². The van der Waals surface area contributed by atoms with E-state index in [1.165, 1.54) is 12.8 Å². The molecular weight excluding hydrogens is 244 g/mol. The second-order valence-electron chi connectivity index (χ2n) is 6.78. The predicted octanol–water partition coefficient (Wildman–Crippen LogP) is 2.07. The van der Waals surface area contributed by atoms with Gasteiger partial charge in [-0.15, -0.1) is 0 Å². The summed E-state index contributed by atoms with van der Waals surface area (Å²) in [4.78, 5) is 24.3. The zero-order valence-electron chi connectivity index (χ0n) is 11.8. The zero-order chi connectivity index (χ0) is 14.0. The largest absolute Gasteiger partial charge is 0.481 e. The summed E-state index contributed by atoms with van der Waals surface area (Å²) in [6, 6.07) is 0.249. The lowest BCUT2D eigenvalue weighted by atomic mass is 9.75. The molecule has 5 nitrogen and oxygen atoms in total. The first kappa shape index (κ1) is 14.2. The molecular formula is C14H24N2O3. The van der Waals surface area contributed by atoms with Crippen molar-refractivity contribution < 1.29 is 14.7 Å². The van der Waals surface area contributed by atoms with Gasteiger partial charge in [-0.2, -0.15) is 0 Å². The van der Waals surface area contributed by atoms with Gasteiger partial charge < -0.3 is 15.3 Å². The predicted molar refractivity (Wildman–Crippen MR) is 71.9 cm³/mol. The summed E-state index contributed by atoms with van der Waals surface area (Å²) in [7, 11) is 0. The molecule has 2 amide bonds. The number of hydrogen-bond donors (Lipinski definition) is 2. The summed E-state index contributed by atoms with van der Waals surface area (Å²) in [5, 5.41) is 11.8. The lowest BCUT2D eigenvalue weighted by molar-refractivity contribution is -0.139. The number of carboxylic acid groups (broad SMARTS) is 1. The minimum Gasteiger partial charge on any atom is -0.481 e. The van der Waals surface area contributed by atoms with E-state index in [0.717, 1.165) is 12.8 Å². The lowest BCUT2D eigenvalue weighted by Gasteiger charge is -2.41. The number of urea groups is 1. The highest BCUT2D eigenvalue weighted by molar-refractivity contribution is 5.76. The minimum absolute atomic E-state index is 0.0238. The molecule has 2 fully saturated rings. The molecule has 1 heterocycles. The maximum Gasteiger partial charge on any atom is 0.317 e. The van der Waals surface area contributed by atoms with Crippen molar-refractivity contribution in [1.29, 1.82) is 0 Å². The molecule has 108 valence electrons. The Morgan fingerprint density at radius 2 is 2.05 bits per heavy atom. The number of carbonyl (C=O) groups is 2. The quantitative estimate of drug-likeness (QED) is 0.823. The highest BCUT2D eigenvalue weighted by Gasteiger charge is 2.34. The molecule has 0 bridgehead atoms. The van der Waals surface area contributed by atoms with Gasteiger partial charge in [0.05, 0.1) is 6.42 Å². The van der Waals surface area contributed by atoms with Crippen LogP contribution < -0.4 is 5.32 Å². The fraction of sp³-hybridized carbons (Fsp3) is 0.857. The fourth-order valence-corrected chi connectivity index (χ4v) is 3.20. The Hall–Kier alpha value is -1.26. The van der Waals surface area contributed by atoms with Crippen molar-refractivity contribution in [3.05, 3.63) is 0 Å². The van der Waals surface area contributed by atoms with Crippen LogP contribution in [-0.4, -0.2) is 41.1 Å². The molecule has 1 saturated carbocycles. The van der Waals surface area contributed by atoms with Crippen LogP contribution >= 0.6 is 0 Å². The van der Waals surface area contributed by atoms with Crippen LogP contribution in [0.2, 0.25) is 0 Å². The van der Waals surface area contributed by atoms with Gasteiger partial charge in [-0.25, -0.2) is 4.79 Å². The molecule has 0 aromatic rings. The first-order valence-electron chi connectivity index (χ1n) is 7.13. The zero-order valence-corrected chi connectivity index (χ0v) is 11.8. The van der Waals surface area contributed by atoms with E-state index in [1.54, 1.807) is 4.90 Å². The van der Waals surface area contributed by atoms with Gasteiger partial charge in [0.15, 0.2) is 0 Å². The summed E-state index contributed by atoms with van der Waals surface area (Å²) in [6.07, 6.45) is 4.65. The second-order valence-corrected chi connectivity index (χ2v) is 6.78. The number of amides is 2. The topological polar surface area (TPSA) is 69.6 Å². The highest BCUT2D eigenvalue weighted by Crippen LogP contribution is 2.35. The summed E-state index contributed by atoms with van der Waals surface area (Å²) in [5.74, 6) is -0.648. The Morgan fingerprint density at radius 3 is 2.63 bits per heavy atom. The van der Waals surface area contributed by atoms with Crippen molar-refractivity contribution in [1.82, 2.24) is 10.2 Å². The van der Waals surface area contributed by atoms with Crippen LogP contribution in [0.5, 0.6) is 0 Å². The van der Waals surface area contributed by atoms with E-state index in [2.05, 4.69) is 19.2 Å². The van der Waals surface area contributed by atoms with Gasteiger partial charge in [-0.3, -0.25) is 4.79 Å². The maximum absolute atomic E-state index is 12.0. The van der Waals surface area contributed by atoms with Gasteiger partial charge in [0, 0.05) is 25.0 Å². The average Bonchev–Trinajstić information content (AvgIpc) is 2.20. The maximum atomic E-state index is 12.0. The molecule has 1 atom stereocenters. The Labute approximate surface area is 114 Å². The number of aliphatic carboxylic acids is 1.